The fraction of sp³-hybridized carbons (Fsp3) is 0.440. The summed E-state index contributed by atoms with van der Waals surface area (Å²) in [4.78, 5) is 50.1. The van der Waals surface area contributed by atoms with Crippen LogP contribution in [0.2, 0.25) is 0 Å². The maximum absolute atomic E-state index is 12.5. The summed E-state index contributed by atoms with van der Waals surface area (Å²) in [5.74, 6) is -1.77. The van der Waals surface area contributed by atoms with Crippen molar-refractivity contribution in [2.24, 2.45) is 0 Å². The average molecular weight is 424 g/mol. The molecule has 31 heavy (non-hydrogen) atoms. The average Bonchev–Trinajstić information content (AvgIpc) is 3.27. The predicted octanol–water partition coefficient (Wildman–Crippen LogP) is 3.64. The minimum atomic E-state index is -0.892. The van der Waals surface area contributed by atoms with E-state index in [9.17, 15) is 19.2 Å². The number of ketones is 2. The molecule has 1 saturated heterocycles. The molecule has 6 heteroatoms. The smallest absolute Gasteiger partial charge is 0.376 e. The summed E-state index contributed by atoms with van der Waals surface area (Å²) in [5.41, 5.74) is 1.19. The molecule has 2 aromatic carbocycles. The number of hydrogen-bond donors (Lipinski definition) is 0. The molecule has 2 aromatic rings. The van der Waals surface area contributed by atoms with Crippen LogP contribution in [0.1, 0.15) is 51.0 Å². The van der Waals surface area contributed by atoms with Crippen LogP contribution < -0.4 is 0 Å². The first-order valence-electron chi connectivity index (χ1n) is 11.0. The van der Waals surface area contributed by atoms with E-state index < -0.39 is 17.8 Å². The number of hydrogen-bond acceptors (Lipinski definition) is 5. The van der Waals surface area contributed by atoms with Gasteiger partial charge in [-0.3, -0.25) is 14.4 Å². The first-order chi connectivity index (χ1) is 15.0. The van der Waals surface area contributed by atoms with E-state index in [1.165, 1.54) is 21.2 Å². The lowest BCUT2D eigenvalue weighted by atomic mass is 10.0. The van der Waals surface area contributed by atoms with Crippen LogP contribution in [0.3, 0.4) is 0 Å². The second-order valence-electron chi connectivity index (χ2n) is 7.90. The molecule has 0 bridgehead atoms. The highest BCUT2D eigenvalue weighted by Gasteiger charge is 2.37. The van der Waals surface area contributed by atoms with Gasteiger partial charge in [0.2, 0.25) is 5.91 Å². The van der Waals surface area contributed by atoms with Gasteiger partial charge in [-0.15, -0.1) is 0 Å². The zero-order chi connectivity index (χ0) is 22.2. The van der Waals surface area contributed by atoms with Gasteiger partial charge >= 0.3 is 5.97 Å². The van der Waals surface area contributed by atoms with Crippen LogP contribution in [0.25, 0.3) is 10.8 Å². The maximum atomic E-state index is 12.5. The zero-order valence-electron chi connectivity index (χ0n) is 18.0. The van der Waals surface area contributed by atoms with Crippen molar-refractivity contribution in [2.75, 3.05) is 13.2 Å². The number of ether oxygens (including phenoxy) is 1. The summed E-state index contributed by atoms with van der Waals surface area (Å²) in [6.07, 6.45) is 3.33. The standard InChI is InChI=1S/C25H29NO5/c1-2-31-25(30)24(29)22-11-6-16-26(22)23(28)15-14-21(27)10-5-7-18-12-13-19-8-3-4-9-20(19)17-18/h3-4,8-9,12-13,17,22H,2,5-7,10-11,14-16H2,1H3/t22-/m0/s1. The minimum absolute atomic E-state index is 0.0432. The van der Waals surface area contributed by atoms with Gasteiger partial charge in [-0.1, -0.05) is 42.5 Å². The van der Waals surface area contributed by atoms with Crippen LogP contribution in [-0.4, -0.2) is 47.5 Å². The highest BCUT2D eigenvalue weighted by molar-refractivity contribution is 6.36. The van der Waals surface area contributed by atoms with E-state index in [1.54, 1.807) is 6.92 Å². The lowest BCUT2D eigenvalue weighted by Crippen LogP contribution is -2.43. The van der Waals surface area contributed by atoms with E-state index in [4.69, 9.17) is 4.74 Å². The molecule has 1 aliphatic heterocycles. The van der Waals surface area contributed by atoms with Crippen molar-refractivity contribution in [3.63, 3.8) is 0 Å². The van der Waals surface area contributed by atoms with Gasteiger partial charge in [-0.2, -0.15) is 0 Å². The summed E-state index contributed by atoms with van der Waals surface area (Å²) in [5, 5.41) is 2.39. The van der Waals surface area contributed by atoms with Crippen LogP contribution in [0.15, 0.2) is 42.5 Å². The topological polar surface area (TPSA) is 80.8 Å². The summed E-state index contributed by atoms with van der Waals surface area (Å²) in [7, 11) is 0. The Morgan fingerprint density at radius 3 is 2.55 bits per heavy atom. The number of amides is 1. The summed E-state index contributed by atoms with van der Waals surface area (Å²) < 4.78 is 4.77. The molecule has 1 atom stereocenters. The fourth-order valence-electron chi connectivity index (χ4n) is 4.07. The Morgan fingerprint density at radius 2 is 1.77 bits per heavy atom. The highest BCUT2D eigenvalue weighted by atomic mass is 16.5. The number of likely N-dealkylation sites (tertiary alicyclic amines) is 1. The lowest BCUT2D eigenvalue weighted by molar-refractivity contribution is -0.156. The fourth-order valence-corrected chi connectivity index (χ4v) is 4.07. The van der Waals surface area contributed by atoms with Gasteiger partial charge in [0.15, 0.2) is 0 Å². The van der Waals surface area contributed by atoms with Gasteiger partial charge in [0, 0.05) is 25.8 Å². The molecule has 0 saturated carbocycles. The third-order valence-corrected chi connectivity index (χ3v) is 5.71. The first kappa shape index (κ1) is 22.7. The second-order valence-corrected chi connectivity index (χ2v) is 7.90. The highest BCUT2D eigenvalue weighted by Crippen LogP contribution is 2.21. The Labute approximate surface area is 182 Å². The molecule has 6 nitrogen and oxygen atoms in total. The number of Topliss-reactive ketones (excluding diaryl/α,β-unsaturated/α-hetero) is 2. The van der Waals surface area contributed by atoms with Gasteiger partial charge in [-0.25, -0.2) is 4.79 Å². The normalized spacial score (nSPS) is 15.8. The first-order valence-corrected chi connectivity index (χ1v) is 11.0. The molecule has 0 spiro atoms. The Kier molecular flexibility index (Phi) is 7.93. The van der Waals surface area contributed by atoms with E-state index in [2.05, 4.69) is 30.3 Å². The van der Waals surface area contributed by atoms with Crippen LogP contribution >= 0.6 is 0 Å². The molecule has 1 heterocycles. The van der Waals surface area contributed by atoms with E-state index in [-0.39, 0.29) is 31.1 Å². The van der Waals surface area contributed by atoms with Crippen molar-refractivity contribution in [1.82, 2.24) is 4.90 Å². The Morgan fingerprint density at radius 1 is 1.00 bits per heavy atom. The van der Waals surface area contributed by atoms with Crippen molar-refractivity contribution in [3.05, 3.63) is 48.0 Å². The van der Waals surface area contributed by atoms with E-state index in [0.29, 0.717) is 25.8 Å². The lowest BCUT2D eigenvalue weighted by Gasteiger charge is -2.22. The molecule has 1 fully saturated rings. The van der Waals surface area contributed by atoms with Crippen molar-refractivity contribution in [3.8, 4) is 0 Å². The van der Waals surface area contributed by atoms with E-state index in [0.717, 1.165) is 12.8 Å². The van der Waals surface area contributed by atoms with Gasteiger partial charge in [0.05, 0.1) is 6.61 Å². The van der Waals surface area contributed by atoms with Gasteiger partial charge in [0.1, 0.15) is 11.8 Å². The molecule has 0 N–H and O–H groups in total. The monoisotopic (exact) mass is 423 g/mol. The summed E-state index contributed by atoms with van der Waals surface area (Å²) in [6.45, 7) is 2.19. The van der Waals surface area contributed by atoms with Gasteiger partial charge < -0.3 is 9.64 Å². The third-order valence-electron chi connectivity index (χ3n) is 5.71. The third kappa shape index (κ3) is 6.00. The molecular formula is C25H29NO5. The number of benzene rings is 2. The number of rotatable bonds is 10. The molecule has 1 aliphatic rings. The molecule has 164 valence electrons. The van der Waals surface area contributed by atoms with Crippen molar-refractivity contribution >= 4 is 34.2 Å². The maximum Gasteiger partial charge on any atom is 0.376 e. The number of esters is 1. The van der Waals surface area contributed by atoms with Crippen LogP contribution in [0.5, 0.6) is 0 Å². The van der Waals surface area contributed by atoms with Crippen molar-refractivity contribution in [2.45, 2.75) is 57.9 Å². The van der Waals surface area contributed by atoms with Crippen LogP contribution in [-0.2, 0) is 30.3 Å². The van der Waals surface area contributed by atoms with Gasteiger partial charge in [0.25, 0.3) is 5.78 Å². The number of nitrogens with zero attached hydrogens (tertiary/aromatic N) is 1. The number of carbonyl (C=O) groups is 4. The second kappa shape index (κ2) is 10.8. The SMILES string of the molecule is CCOC(=O)C(=O)[C@@H]1CCCN1C(=O)CCC(=O)CCCc1ccc2ccccc2c1. The molecule has 1 amide bonds. The Balaban J connectivity index is 1.42. The van der Waals surface area contributed by atoms with Crippen molar-refractivity contribution < 1.29 is 23.9 Å². The molecule has 0 aromatic heterocycles. The molecular weight excluding hydrogens is 394 g/mol. The summed E-state index contributed by atoms with van der Waals surface area (Å²) >= 11 is 0. The van der Waals surface area contributed by atoms with Crippen LogP contribution in [0, 0.1) is 0 Å². The largest absolute Gasteiger partial charge is 0.460 e. The number of aryl methyl sites for hydroxylation is 1. The summed E-state index contributed by atoms with van der Waals surface area (Å²) in [6, 6.07) is 13.8. The molecule has 0 radical (unpaired) electrons. The Bertz CT molecular complexity index is 967. The van der Waals surface area contributed by atoms with Crippen molar-refractivity contribution in [1.29, 1.82) is 0 Å². The number of fused-ring (bicyclic) bond motifs is 1. The molecule has 3 rings (SSSR count). The molecule has 0 aliphatic carbocycles. The zero-order valence-corrected chi connectivity index (χ0v) is 18.0. The van der Waals surface area contributed by atoms with E-state index >= 15 is 0 Å². The minimum Gasteiger partial charge on any atom is -0.460 e. The molecule has 0 unspecified atom stereocenters. The van der Waals surface area contributed by atoms with Crippen LogP contribution in [0.4, 0.5) is 0 Å². The quantitative estimate of drug-likeness (QED) is 0.431. The van der Waals surface area contributed by atoms with Gasteiger partial charge in [-0.05, 0) is 48.9 Å². The Hall–Kier alpha value is -3.02. The number of carbonyl (C=O) groups excluding carboxylic acids is 4. The predicted molar refractivity (Wildman–Crippen MR) is 118 cm³/mol. The van der Waals surface area contributed by atoms with E-state index in [1.807, 2.05) is 12.1 Å².